The van der Waals surface area contributed by atoms with Gasteiger partial charge in [0.05, 0.1) is 13.7 Å². The molecule has 0 unspecified atom stereocenters. The first-order chi connectivity index (χ1) is 14.2. The predicted octanol–water partition coefficient (Wildman–Crippen LogP) is 1.94. The van der Waals surface area contributed by atoms with E-state index in [9.17, 15) is 4.79 Å². The Morgan fingerprint density at radius 2 is 1.84 bits per heavy atom. The van der Waals surface area contributed by atoms with E-state index in [1.165, 1.54) is 5.56 Å². The number of aliphatic imine (C=N–C) groups is 1. The fourth-order valence-corrected chi connectivity index (χ4v) is 2.66. The molecular formula is C21H34IN7O2. The second-order valence-electron chi connectivity index (χ2n) is 8.06. The van der Waals surface area contributed by atoms with Gasteiger partial charge < -0.3 is 25.3 Å². The molecule has 2 rings (SSSR count). The Morgan fingerprint density at radius 1 is 1.16 bits per heavy atom. The Bertz CT molecular complexity index is 858. The number of aryl methyl sites for hydroxylation is 1. The molecule has 1 aromatic carbocycles. The lowest BCUT2D eigenvalue weighted by molar-refractivity contribution is -0.121. The van der Waals surface area contributed by atoms with Gasteiger partial charge in [-0.3, -0.25) is 4.79 Å². The largest absolute Gasteiger partial charge is 0.497 e. The van der Waals surface area contributed by atoms with Crippen LogP contribution in [0.25, 0.3) is 0 Å². The van der Waals surface area contributed by atoms with Gasteiger partial charge in [-0.15, -0.1) is 34.2 Å². The van der Waals surface area contributed by atoms with Crippen LogP contribution in [0.2, 0.25) is 0 Å². The molecule has 0 atom stereocenters. The summed E-state index contributed by atoms with van der Waals surface area (Å²) in [6.07, 6.45) is 0.807. The van der Waals surface area contributed by atoms with Crippen molar-refractivity contribution in [2.24, 2.45) is 12.0 Å². The van der Waals surface area contributed by atoms with Crippen LogP contribution >= 0.6 is 24.0 Å². The second kappa shape index (κ2) is 12.5. The number of methoxy groups -OCH3 is 1. The summed E-state index contributed by atoms with van der Waals surface area (Å²) in [6.45, 7) is 8.88. The van der Waals surface area contributed by atoms with E-state index in [1.54, 1.807) is 7.11 Å². The van der Waals surface area contributed by atoms with Gasteiger partial charge in [-0.25, -0.2) is 4.99 Å². The van der Waals surface area contributed by atoms with Gasteiger partial charge in [0.25, 0.3) is 0 Å². The maximum absolute atomic E-state index is 12.2. The van der Waals surface area contributed by atoms with Crippen molar-refractivity contribution in [3.63, 3.8) is 0 Å². The van der Waals surface area contributed by atoms with Crippen LogP contribution in [0, 0.1) is 6.92 Å². The first kappa shape index (κ1) is 26.7. The van der Waals surface area contributed by atoms with Crippen molar-refractivity contribution in [1.82, 2.24) is 30.7 Å². The molecule has 0 saturated carbocycles. The number of hydrogen-bond donors (Lipinski definition) is 3. The standard InChI is InChI=1S/C21H33N7O2.HI/c1-15-26-27-18(28(15)5)13-23-20(24-14-19(29)25-21(2,3)4)22-12-11-16-7-9-17(30-6)10-8-16;/h7-10H,11-14H2,1-6H3,(H,25,29)(H2,22,23,24);1H. The van der Waals surface area contributed by atoms with Crippen molar-refractivity contribution in [2.75, 3.05) is 20.2 Å². The van der Waals surface area contributed by atoms with Crippen molar-refractivity contribution in [3.8, 4) is 5.75 Å². The number of aromatic nitrogens is 3. The third-order valence-electron chi connectivity index (χ3n) is 4.36. The highest BCUT2D eigenvalue weighted by atomic mass is 127. The lowest BCUT2D eigenvalue weighted by Crippen LogP contribution is -2.48. The van der Waals surface area contributed by atoms with Crippen molar-refractivity contribution in [3.05, 3.63) is 41.5 Å². The Morgan fingerprint density at radius 3 is 2.39 bits per heavy atom. The first-order valence-electron chi connectivity index (χ1n) is 9.99. The maximum atomic E-state index is 12.2. The predicted molar refractivity (Wildman–Crippen MR) is 133 cm³/mol. The van der Waals surface area contributed by atoms with Crippen LogP contribution in [0.5, 0.6) is 5.75 Å². The molecule has 0 bridgehead atoms. The van der Waals surface area contributed by atoms with Gasteiger partial charge in [0.15, 0.2) is 11.8 Å². The normalized spacial score (nSPS) is 11.5. The van der Waals surface area contributed by atoms with E-state index in [2.05, 4.69) is 31.1 Å². The van der Waals surface area contributed by atoms with Gasteiger partial charge >= 0.3 is 0 Å². The van der Waals surface area contributed by atoms with E-state index in [0.29, 0.717) is 19.0 Å². The lowest BCUT2D eigenvalue weighted by Gasteiger charge is -2.21. The molecular weight excluding hydrogens is 509 g/mol. The van der Waals surface area contributed by atoms with E-state index in [-0.39, 0.29) is 42.0 Å². The highest BCUT2D eigenvalue weighted by molar-refractivity contribution is 14.0. The molecule has 172 valence electrons. The molecule has 2 aromatic rings. The number of guanidine groups is 1. The molecule has 0 aliphatic rings. The average molecular weight is 543 g/mol. The molecule has 31 heavy (non-hydrogen) atoms. The van der Waals surface area contributed by atoms with Crippen molar-refractivity contribution in [1.29, 1.82) is 0 Å². The minimum Gasteiger partial charge on any atom is -0.497 e. The van der Waals surface area contributed by atoms with E-state index in [0.717, 1.165) is 23.8 Å². The van der Waals surface area contributed by atoms with Gasteiger partial charge in [0.2, 0.25) is 5.91 Å². The summed E-state index contributed by atoms with van der Waals surface area (Å²) in [4.78, 5) is 16.7. The van der Waals surface area contributed by atoms with Gasteiger partial charge in [0.1, 0.15) is 18.1 Å². The minimum atomic E-state index is -0.284. The maximum Gasteiger partial charge on any atom is 0.239 e. The van der Waals surface area contributed by atoms with Crippen LogP contribution in [0.4, 0.5) is 0 Å². The molecule has 0 fully saturated rings. The van der Waals surface area contributed by atoms with Crippen LogP contribution in [0.3, 0.4) is 0 Å². The summed E-state index contributed by atoms with van der Waals surface area (Å²) in [5.74, 6) is 2.86. The molecule has 0 spiro atoms. The number of nitrogens with zero attached hydrogens (tertiary/aromatic N) is 4. The van der Waals surface area contributed by atoms with Gasteiger partial charge in [-0.2, -0.15) is 0 Å². The smallest absolute Gasteiger partial charge is 0.239 e. The summed E-state index contributed by atoms with van der Waals surface area (Å²) in [7, 11) is 3.56. The number of benzene rings is 1. The summed E-state index contributed by atoms with van der Waals surface area (Å²) >= 11 is 0. The summed E-state index contributed by atoms with van der Waals surface area (Å²) in [5, 5.41) is 17.5. The molecule has 0 saturated heterocycles. The summed E-state index contributed by atoms with van der Waals surface area (Å²) < 4.78 is 7.08. The zero-order valence-electron chi connectivity index (χ0n) is 19.2. The lowest BCUT2D eigenvalue weighted by atomic mass is 10.1. The van der Waals surface area contributed by atoms with Crippen LogP contribution in [0.1, 0.15) is 38.0 Å². The number of nitrogens with one attached hydrogen (secondary N) is 3. The molecule has 3 N–H and O–H groups in total. The number of carbonyl (C=O) groups excluding carboxylic acids is 1. The quantitative estimate of drug-likeness (QED) is 0.267. The monoisotopic (exact) mass is 543 g/mol. The van der Waals surface area contributed by atoms with E-state index in [4.69, 9.17) is 4.74 Å². The molecule has 10 heteroatoms. The number of rotatable bonds is 8. The molecule has 1 amide bonds. The van der Waals surface area contributed by atoms with Gasteiger partial charge in [-0.05, 0) is 51.8 Å². The third-order valence-corrected chi connectivity index (χ3v) is 4.36. The fraction of sp³-hybridized carbons (Fsp3) is 0.524. The van der Waals surface area contributed by atoms with Crippen LogP contribution in [0.15, 0.2) is 29.3 Å². The summed E-state index contributed by atoms with van der Waals surface area (Å²) in [6, 6.07) is 7.94. The van der Waals surface area contributed by atoms with Crippen LogP contribution in [-0.4, -0.2) is 52.4 Å². The SMILES string of the molecule is COc1ccc(CCNC(=NCc2nnc(C)n2C)NCC(=O)NC(C)(C)C)cc1.I. The molecule has 0 aliphatic heterocycles. The number of carbonyl (C=O) groups is 1. The Labute approximate surface area is 201 Å². The number of hydrogen-bond acceptors (Lipinski definition) is 5. The zero-order valence-corrected chi connectivity index (χ0v) is 21.5. The van der Waals surface area contributed by atoms with Gasteiger partial charge in [-0.1, -0.05) is 12.1 Å². The van der Waals surface area contributed by atoms with E-state index >= 15 is 0 Å². The van der Waals surface area contributed by atoms with Crippen LogP contribution in [-0.2, 0) is 24.8 Å². The Balaban J connectivity index is 0.00000480. The zero-order chi connectivity index (χ0) is 22.1. The summed E-state index contributed by atoms with van der Waals surface area (Å²) in [5.41, 5.74) is 0.894. The number of halogens is 1. The van der Waals surface area contributed by atoms with Crippen molar-refractivity contribution >= 4 is 35.8 Å². The van der Waals surface area contributed by atoms with Crippen molar-refractivity contribution < 1.29 is 9.53 Å². The number of amides is 1. The molecule has 9 nitrogen and oxygen atoms in total. The molecule has 1 aromatic heterocycles. The highest BCUT2D eigenvalue weighted by Gasteiger charge is 2.14. The molecule has 1 heterocycles. The van der Waals surface area contributed by atoms with E-state index < -0.39 is 0 Å². The third kappa shape index (κ3) is 9.53. The Hall–Kier alpha value is -2.37. The van der Waals surface area contributed by atoms with Crippen LogP contribution < -0.4 is 20.7 Å². The molecule has 0 aliphatic carbocycles. The van der Waals surface area contributed by atoms with E-state index in [1.807, 2.05) is 63.6 Å². The topological polar surface area (TPSA) is 105 Å². The average Bonchev–Trinajstić information content (AvgIpc) is 3.01. The fourth-order valence-electron chi connectivity index (χ4n) is 2.66. The highest BCUT2D eigenvalue weighted by Crippen LogP contribution is 2.11. The minimum absolute atomic E-state index is 0. The van der Waals surface area contributed by atoms with Crippen molar-refractivity contribution in [2.45, 2.75) is 46.2 Å². The first-order valence-corrected chi connectivity index (χ1v) is 9.99. The Kier molecular flexibility index (Phi) is 10.7. The second-order valence-corrected chi connectivity index (χ2v) is 8.06. The molecule has 0 radical (unpaired) electrons. The number of ether oxygens (including phenoxy) is 1. The van der Waals surface area contributed by atoms with Gasteiger partial charge in [0, 0.05) is 19.1 Å².